The summed E-state index contributed by atoms with van der Waals surface area (Å²) in [6, 6.07) is 13.1. The van der Waals surface area contributed by atoms with Crippen LogP contribution in [-0.4, -0.2) is 43.3 Å². The number of anilines is 3. The molecule has 0 unspecified atom stereocenters. The van der Waals surface area contributed by atoms with E-state index in [9.17, 15) is 14.4 Å². The summed E-state index contributed by atoms with van der Waals surface area (Å²) < 4.78 is 0. The second-order valence-electron chi connectivity index (χ2n) is 8.13. The Labute approximate surface area is 183 Å². The van der Waals surface area contributed by atoms with Gasteiger partial charge in [-0.25, -0.2) is 0 Å². The van der Waals surface area contributed by atoms with Crippen LogP contribution in [-0.2, 0) is 20.8 Å². The summed E-state index contributed by atoms with van der Waals surface area (Å²) in [6.45, 7) is 2.03. The lowest BCUT2D eigenvalue weighted by Gasteiger charge is -2.14. The Morgan fingerprint density at radius 1 is 0.968 bits per heavy atom. The largest absolute Gasteiger partial charge is 0.376 e. The second-order valence-corrected chi connectivity index (χ2v) is 8.13. The second kappa shape index (κ2) is 10.1. The van der Waals surface area contributed by atoms with Crippen LogP contribution in [0.5, 0.6) is 0 Å². The lowest BCUT2D eigenvalue weighted by Crippen LogP contribution is -2.22. The van der Waals surface area contributed by atoms with Crippen LogP contribution in [0.1, 0.15) is 30.4 Å². The van der Waals surface area contributed by atoms with Gasteiger partial charge in [0.1, 0.15) is 0 Å². The molecule has 0 radical (unpaired) electrons. The van der Waals surface area contributed by atoms with E-state index in [1.807, 2.05) is 49.4 Å². The number of aryl methyl sites for hydroxylation is 1. The predicted octanol–water partition coefficient (Wildman–Crippen LogP) is 3.41. The maximum absolute atomic E-state index is 12.3. The third-order valence-electron chi connectivity index (χ3n) is 5.34. The molecule has 1 aliphatic rings. The van der Waals surface area contributed by atoms with Crippen LogP contribution in [0.4, 0.5) is 17.1 Å². The standard InChI is InChI=1S/C24H30N4O3/c1-16-20(5-4-6-21(16)27-24(31)18-10-11-18)25-15-22(29)26-19-12-7-17(8-13-19)9-14-23(30)28(2)3/h4-8,12-13,18,25H,9-11,14-15H2,1-3H3,(H,26,29)(H,27,31). The van der Waals surface area contributed by atoms with Crippen molar-refractivity contribution in [3.05, 3.63) is 53.6 Å². The van der Waals surface area contributed by atoms with E-state index in [4.69, 9.17) is 0 Å². The molecule has 31 heavy (non-hydrogen) atoms. The maximum atomic E-state index is 12.3. The minimum atomic E-state index is -0.164. The molecule has 0 atom stereocenters. The van der Waals surface area contributed by atoms with Crippen LogP contribution in [0, 0.1) is 12.8 Å². The SMILES string of the molecule is Cc1c(NCC(=O)Nc2ccc(CCC(=O)N(C)C)cc2)cccc1NC(=O)C1CC1. The smallest absolute Gasteiger partial charge is 0.243 e. The van der Waals surface area contributed by atoms with E-state index >= 15 is 0 Å². The Hall–Kier alpha value is -3.35. The van der Waals surface area contributed by atoms with Gasteiger partial charge in [0.05, 0.1) is 6.54 Å². The number of amides is 3. The van der Waals surface area contributed by atoms with Crippen LogP contribution >= 0.6 is 0 Å². The first-order valence-corrected chi connectivity index (χ1v) is 10.6. The topological polar surface area (TPSA) is 90.5 Å². The molecule has 7 heteroatoms. The van der Waals surface area contributed by atoms with Crippen molar-refractivity contribution in [3.63, 3.8) is 0 Å². The molecular weight excluding hydrogens is 392 g/mol. The van der Waals surface area contributed by atoms with E-state index in [1.54, 1.807) is 19.0 Å². The highest BCUT2D eigenvalue weighted by Crippen LogP contribution is 2.31. The fourth-order valence-corrected chi connectivity index (χ4v) is 3.15. The fraction of sp³-hybridized carbons (Fsp3) is 0.375. The third-order valence-corrected chi connectivity index (χ3v) is 5.34. The quantitative estimate of drug-likeness (QED) is 0.578. The zero-order chi connectivity index (χ0) is 22.4. The lowest BCUT2D eigenvalue weighted by atomic mass is 10.1. The van der Waals surface area contributed by atoms with Gasteiger partial charge in [-0.2, -0.15) is 0 Å². The molecule has 0 aromatic heterocycles. The van der Waals surface area contributed by atoms with Gasteiger partial charge in [-0.15, -0.1) is 0 Å². The normalized spacial score (nSPS) is 12.7. The number of rotatable bonds is 9. The van der Waals surface area contributed by atoms with Crippen LogP contribution in [0.2, 0.25) is 0 Å². The molecule has 164 valence electrons. The molecule has 1 saturated carbocycles. The molecule has 0 heterocycles. The predicted molar refractivity (Wildman–Crippen MR) is 123 cm³/mol. The van der Waals surface area contributed by atoms with Gasteiger partial charge >= 0.3 is 0 Å². The summed E-state index contributed by atoms with van der Waals surface area (Å²) in [5.41, 5.74) is 4.24. The Morgan fingerprint density at radius 2 is 1.65 bits per heavy atom. The summed E-state index contributed by atoms with van der Waals surface area (Å²) in [5.74, 6) is 0.131. The average Bonchev–Trinajstić information content (AvgIpc) is 3.59. The average molecular weight is 423 g/mol. The summed E-state index contributed by atoms with van der Waals surface area (Å²) in [7, 11) is 3.49. The van der Waals surface area contributed by atoms with E-state index in [0.717, 1.165) is 35.3 Å². The summed E-state index contributed by atoms with van der Waals surface area (Å²) >= 11 is 0. The van der Waals surface area contributed by atoms with Gasteiger partial charge in [0.25, 0.3) is 0 Å². The highest BCUT2D eigenvalue weighted by Gasteiger charge is 2.29. The number of benzene rings is 2. The van der Waals surface area contributed by atoms with Crippen LogP contribution in [0.25, 0.3) is 0 Å². The molecular formula is C24H30N4O3. The van der Waals surface area contributed by atoms with Gasteiger partial charge in [0.15, 0.2) is 0 Å². The van der Waals surface area contributed by atoms with Crippen molar-refractivity contribution in [2.24, 2.45) is 5.92 Å². The van der Waals surface area contributed by atoms with Gasteiger partial charge in [-0.3, -0.25) is 14.4 Å². The van der Waals surface area contributed by atoms with Crippen molar-refractivity contribution in [1.82, 2.24) is 4.90 Å². The first-order chi connectivity index (χ1) is 14.8. The highest BCUT2D eigenvalue weighted by molar-refractivity contribution is 5.96. The van der Waals surface area contributed by atoms with Gasteiger partial charge < -0.3 is 20.9 Å². The molecule has 7 nitrogen and oxygen atoms in total. The first kappa shape index (κ1) is 22.3. The van der Waals surface area contributed by atoms with E-state index in [1.165, 1.54) is 0 Å². The van der Waals surface area contributed by atoms with Crippen LogP contribution in [0.3, 0.4) is 0 Å². The molecule has 0 spiro atoms. The molecule has 2 aromatic rings. The monoisotopic (exact) mass is 422 g/mol. The number of hydrogen-bond acceptors (Lipinski definition) is 4. The molecule has 3 amide bonds. The zero-order valence-electron chi connectivity index (χ0n) is 18.3. The molecule has 1 fully saturated rings. The van der Waals surface area contributed by atoms with E-state index in [-0.39, 0.29) is 30.2 Å². The van der Waals surface area contributed by atoms with Gasteiger partial charge in [0, 0.05) is 43.5 Å². The molecule has 2 aromatic carbocycles. The number of nitrogens with one attached hydrogen (secondary N) is 3. The van der Waals surface area contributed by atoms with Crippen molar-refractivity contribution in [2.45, 2.75) is 32.6 Å². The van der Waals surface area contributed by atoms with Crippen molar-refractivity contribution in [2.75, 3.05) is 36.6 Å². The fourth-order valence-electron chi connectivity index (χ4n) is 3.15. The number of carbonyl (C=O) groups is 3. The van der Waals surface area contributed by atoms with Gasteiger partial charge in [-0.1, -0.05) is 18.2 Å². The maximum Gasteiger partial charge on any atom is 0.243 e. The lowest BCUT2D eigenvalue weighted by molar-refractivity contribution is -0.128. The van der Waals surface area contributed by atoms with E-state index in [2.05, 4.69) is 16.0 Å². The van der Waals surface area contributed by atoms with Crippen LogP contribution in [0.15, 0.2) is 42.5 Å². The van der Waals surface area contributed by atoms with Crippen molar-refractivity contribution >= 4 is 34.8 Å². The highest BCUT2D eigenvalue weighted by atomic mass is 16.2. The minimum absolute atomic E-state index is 0.0625. The van der Waals surface area contributed by atoms with Crippen molar-refractivity contribution in [3.8, 4) is 0 Å². The van der Waals surface area contributed by atoms with E-state index in [0.29, 0.717) is 18.5 Å². The Balaban J connectivity index is 1.48. The first-order valence-electron chi connectivity index (χ1n) is 10.6. The van der Waals surface area contributed by atoms with E-state index < -0.39 is 0 Å². The Bertz CT molecular complexity index is 950. The van der Waals surface area contributed by atoms with Crippen molar-refractivity contribution in [1.29, 1.82) is 0 Å². The molecule has 0 bridgehead atoms. The molecule has 3 rings (SSSR count). The minimum Gasteiger partial charge on any atom is -0.376 e. The van der Waals surface area contributed by atoms with Gasteiger partial charge in [-0.05, 0) is 61.6 Å². The number of hydrogen-bond donors (Lipinski definition) is 3. The molecule has 1 aliphatic carbocycles. The molecule has 0 saturated heterocycles. The van der Waals surface area contributed by atoms with Crippen molar-refractivity contribution < 1.29 is 14.4 Å². The number of nitrogens with zero attached hydrogens (tertiary/aromatic N) is 1. The zero-order valence-corrected chi connectivity index (χ0v) is 18.3. The summed E-state index contributed by atoms with van der Waals surface area (Å²) in [5, 5.41) is 8.97. The summed E-state index contributed by atoms with van der Waals surface area (Å²) in [4.78, 5) is 37.6. The van der Waals surface area contributed by atoms with Gasteiger partial charge in [0.2, 0.25) is 17.7 Å². The molecule has 3 N–H and O–H groups in total. The third kappa shape index (κ3) is 6.57. The van der Waals surface area contributed by atoms with Crippen LogP contribution < -0.4 is 16.0 Å². The Kier molecular flexibility index (Phi) is 7.28. The molecule has 0 aliphatic heterocycles. The summed E-state index contributed by atoms with van der Waals surface area (Å²) in [6.07, 6.45) is 3.04. The number of carbonyl (C=O) groups excluding carboxylic acids is 3. The Morgan fingerprint density at radius 3 is 2.29 bits per heavy atom.